The van der Waals surface area contributed by atoms with Crippen LogP contribution in [0.4, 0.5) is 34.1 Å². The van der Waals surface area contributed by atoms with Crippen LogP contribution in [0.15, 0.2) is 349 Å². The summed E-state index contributed by atoms with van der Waals surface area (Å²) in [5, 5.41) is 4.41. The van der Waals surface area contributed by atoms with E-state index in [0.29, 0.717) is 0 Å². The number of fused-ring (bicyclic) bond motifs is 6. The Bertz CT molecular complexity index is 5190. The number of hydrogen-bond donors (Lipinski definition) is 0. The fourth-order valence-corrected chi connectivity index (χ4v) is 12.8. The molecule has 414 valence electrons. The number of para-hydroxylation sites is 3. The van der Waals surface area contributed by atoms with Gasteiger partial charge < -0.3 is 18.6 Å². The molecule has 0 aliphatic carbocycles. The third-order valence-corrected chi connectivity index (χ3v) is 17.1. The third-order valence-electron chi connectivity index (χ3n) is 17.1. The van der Waals surface area contributed by atoms with E-state index in [1.165, 1.54) is 22.3 Å². The second-order valence-corrected chi connectivity index (χ2v) is 22.4. The fraction of sp³-hybridized carbons (Fsp3) is 0. The summed E-state index contributed by atoms with van der Waals surface area (Å²) in [6.45, 7) is 0. The molecule has 4 heteroatoms. The Morgan fingerprint density at radius 1 is 0.170 bits per heavy atom. The van der Waals surface area contributed by atoms with Gasteiger partial charge in [-0.05, 0) is 187 Å². The van der Waals surface area contributed by atoms with Crippen molar-refractivity contribution >= 4 is 78.0 Å². The summed E-state index contributed by atoms with van der Waals surface area (Å²) in [7, 11) is 0. The molecule has 16 rings (SSSR count). The molecule has 2 aromatic heterocycles. The van der Waals surface area contributed by atoms with Crippen molar-refractivity contribution in [2.75, 3.05) is 9.80 Å². The van der Waals surface area contributed by atoms with Gasteiger partial charge in [0.15, 0.2) is 0 Å². The molecule has 0 aliphatic rings. The Kier molecular flexibility index (Phi) is 13.2. The van der Waals surface area contributed by atoms with Crippen molar-refractivity contribution in [3.8, 4) is 77.9 Å². The van der Waals surface area contributed by atoms with Gasteiger partial charge in [0.2, 0.25) is 0 Å². The van der Waals surface area contributed by atoms with Crippen molar-refractivity contribution < 1.29 is 8.83 Å². The van der Waals surface area contributed by atoms with Crippen LogP contribution in [0.5, 0.6) is 0 Å². The van der Waals surface area contributed by atoms with E-state index in [0.717, 1.165) is 134 Å². The Hall–Kier alpha value is -11.7. The summed E-state index contributed by atoms with van der Waals surface area (Å²) in [5.74, 6) is 0. The van der Waals surface area contributed by atoms with Gasteiger partial charge in [0.1, 0.15) is 22.3 Å². The zero-order chi connectivity index (χ0) is 58.3. The summed E-state index contributed by atoms with van der Waals surface area (Å²) in [6, 6.07) is 122. The lowest BCUT2D eigenvalue weighted by Gasteiger charge is -2.27. The van der Waals surface area contributed by atoms with Gasteiger partial charge in [-0.3, -0.25) is 0 Å². The highest BCUT2D eigenvalue weighted by Crippen LogP contribution is 2.46. The Labute approximate surface area is 511 Å². The standard InChI is InChI=1S/C84H56N2O2/c1-5-19-57(20-6-1)58-37-39-61(40-38-58)78-55-72(46-48-74(78)60-21-7-2-8-22-60)86(69-30-11-4-12-31-69)73-47-49-77-83(56-73)88-82-36-18-34-75(84(77)82)67-27-16-25-64(52-67)62-23-15-24-63(51-62)65-26-17-32-71(53-65)85(68-28-9-3-10-29-68)70-44-41-59(42-45-70)66-43-50-81-79(54-66)76-33-13-14-35-80(76)87-81/h1-56H. The predicted molar refractivity (Wildman–Crippen MR) is 368 cm³/mol. The fourth-order valence-electron chi connectivity index (χ4n) is 12.8. The normalized spacial score (nSPS) is 11.4. The maximum Gasteiger partial charge on any atom is 0.137 e. The summed E-state index contributed by atoms with van der Waals surface area (Å²) in [5.41, 5.74) is 25.9. The molecule has 2 heterocycles. The first kappa shape index (κ1) is 51.9. The molecule has 88 heavy (non-hydrogen) atoms. The zero-order valence-electron chi connectivity index (χ0n) is 48.0. The molecule has 14 aromatic carbocycles. The van der Waals surface area contributed by atoms with Crippen LogP contribution in [-0.4, -0.2) is 0 Å². The number of benzene rings is 14. The van der Waals surface area contributed by atoms with E-state index in [-0.39, 0.29) is 0 Å². The highest BCUT2D eigenvalue weighted by atomic mass is 16.3. The molecule has 4 nitrogen and oxygen atoms in total. The van der Waals surface area contributed by atoms with Crippen LogP contribution >= 0.6 is 0 Å². The maximum absolute atomic E-state index is 6.87. The minimum Gasteiger partial charge on any atom is -0.456 e. The second kappa shape index (κ2) is 22.4. The highest BCUT2D eigenvalue weighted by molar-refractivity contribution is 6.13. The summed E-state index contributed by atoms with van der Waals surface area (Å²) in [6.07, 6.45) is 0. The van der Waals surface area contributed by atoms with E-state index in [1.807, 2.05) is 12.1 Å². The topological polar surface area (TPSA) is 32.8 Å². The lowest BCUT2D eigenvalue weighted by atomic mass is 9.92. The molecule has 0 spiro atoms. The third kappa shape index (κ3) is 9.75. The van der Waals surface area contributed by atoms with Gasteiger partial charge in [-0.1, -0.05) is 224 Å². The number of hydrogen-bond acceptors (Lipinski definition) is 4. The minimum atomic E-state index is 0.824. The maximum atomic E-state index is 6.87. The number of anilines is 6. The summed E-state index contributed by atoms with van der Waals surface area (Å²) in [4.78, 5) is 4.67. The lowest BCUT2D eigenvalue weighted by molar-refractivity contribution is 0.668. The largest absolute Gasteiger partial charge is 0.456 e. The quantitative estimate of drug-likeness (QED) is 0.115. The SMILES string of the molecule is c1ccc(-c2ccc(-c3cc(N(c4ccccc4)c4ccc5c(c4)oc4cccc(-c6cccc(-c7cccc(-c8cccc(N(c9ccccc9)c9ccc(-c%10ccc%11oc%12ccccc%12c%11c%10)cc9)c8)c7)c6)c45)ccc3-c3ccccc3)cc2)cc1. The molecular weight excluding hydrogens is 1070 g/mol. The Morgan fingerprint density at radius 2 is 0.580 bits per heavy atom. The number of rotatable bonds is 13. The van der Waals surface area contributed by atoms with E-state index >= 15 is 0 Å². The molecule has 0 saturated carbocycles. The first-order valence-corrected chi connectivity index (χ1v) is 29.9. The van der Waals surface area contributed by atoms with Crippen molar-refractivity contribution in [3.05, 3.63) is 340 Å². The molecule has 0 fully saturated rings. The molecule has 0 bridgehead atoms. The van der Waals surface area contributed by atoms with E-state index in [9.17, 15) is 0 Å². The number of nitrogens with zero attached hydrogens (tertiary/aromatic N) is 2. The van der Waals surface area contributed by atoms with Gasteiger partial charge in [0.05, 0.1) is 0 Å². The van der Waals surface area contributed by atoms with E-state index in [1.54, 1.807) is 0 Å². The lowest BCUT2D eigenvalue weighted by Crippen LogP contribution is -2.10. The highest BCUT2D eigenvalue weighted by Gasteiger charge is 2.21. The van der Waals surface area contributed by atoms with Crippen molar-refractivity contribution in [1.82, 2.24) is 0 Å². The Balaban J connectivity index is 0.715. The smallest absolute Gasteiger partial charge is 0.137 e. The summed E-state index contributed by atoms with van der Waals surface area (Å²) >= 11 is 0. The van der Waals surface area contributed by atoms with Crippen LogP contribution in [0, 0.1) is 0 Å². The molecule has 0 N–H and O–H groups in total. The average Bonchev–Trinajstić information content (AvgIpc) is 2.00. The minimum absolute atomic E-state index is 0.824. The molecule has 0 radical (unpaired) electrons. The van der Waals surface area contributed by atoms with Gasteiger partial charge in [0, 0.05) is 61.7 Å². The van der Waals surface area contributed by atoms with Crippen molar-refractivity contribution in [2.45, 2.75) is 0 Å². The van der Waals surface area contributed by atoms with Crippen LogP contribution in [0.2, 0.25) is 0 Å². The van der Waals surface area contributed by atoms with E-state index in [4.69, 9.17) is 8.83 Å². The predicted octanol–water partition coefficient (Wildman–Crippen LogP) is 24.1. The van der Waals surface area contributed by atoms with Crippen molar-refractivity contribution in [1.29, 1.82) is 0 Å². The molecule has 0 amide bonds. The van der Waals surface area contributed by atoms with Crippen LogP contribution in [0.3, 0.4) is 0 Å². The van der Waals surface area contributed by atoms with Crippen LogP contribution in [-0.2, 0) is 0 Å². The molecule has 0 unspecified atom stereocenters. The van der Waals surface area contributed by atoms with Gasteiger partial charge in [-0.15, -0.1) is 0 Å². The molecular formula is C84H56N2O2. The van der Waals surface area contributed by atoms with E-state index < -0.39 is 0 Å². The van der Waals surface area contributed by atoms with Gasteiger partial charge in [-0.2, -0.15) is 0 Å². The average molecular weight is 1130 g/mol. The van der Waals surface area contributed by atoms with Crippen LogP contribution in [0.25, 0.3) is 122 Å². The molecule has 0 aliphatic heterocycles. The first-order chi connectivity index (χ1) is 43.6. The van der Waals surface area contributed by atoms with Crippen molar-refractivity contribution in [2.24, 2.45) is 0 Å². The molecule has 0 atom stereocenters. The van der Waals surface area contributed by atoms with Crippen LogP contribution < -0.4 is 9.80 Å². The van der Waals surface area contributed by atoms with Gasteiger partial charge in [-0.25, -0.2) is 0 Å². The number of furan rings is 2. The monoisotopic (exact) mass is 1120 g/mol. The second-order valence-electron chi connectivity index (χ2n) is 22.4. The van der Waals surface area contributed by atoms with Crippen molar-refractivity contribution in [3.63, 3.8) is 0 Å². The summed E-state index contributed by atoms with van der Waals surface area (Å²) < 4.78 is 13.0. The first-order valence-electron chi connectivity index (χ1n) is 29.9. The van der Waals surface area contributed by atoms with Crippen LogP contribution in [0.1, 0.15) is 0 Å². The van der Waals surface area contributed by atoms with Gasteiger partial charge in [0.25, 0.3) is 0 Å². The van der Waals surface area contributed by atoms with Gasteiger partial charge >= 0.3 is 0 Å². The Morgan fingerprint density at radius 3 is 1.30 bits per heavy atom. The molecule has 16 aromatic rings. The molecule has 0 saturated heterocycles. The van der Waals surface area contributed by atoms with E-state index in [2.05, 4.69) is 337 Å². The zero-order valence-corrected chi connectivity index (χ0v) is 48.0.